The molecule has 2 rings (SSSR count). The normalized spacial score (nSPS) is 17.2. The Bertz CT molecular complexity index is 671. The average molecular weight is 426 g/mol. The molecule has 1 atom stereocenters. The number of aliphatic carboxylic acids is 1. The number of hydrogen-bond acceptors (Lipinski definition) is 6. The Morgan fingerprint density at radius 1 is 1.17 bits per heavy atom. The van der Waals surface area contributed by atoms with Crippen LogP contribution in [-0.4, -0.2) is 71.4 Å². The number of carbonyl (C=O) groups is 1. The Hall–Kier alpha value is -1.32. The number of nitrogens with two attached hydrogens (primary N) is 1. The zero-order valence-electron chi connectivity index (χ0n) is 17.2. The molecule has 1 heterocycles. The first-order valence-electron chi connectivity index (χ1n) is 10.3. The first kappa shape index (κ1) is 24.0. The SMILES string of the molecule is Cc1cc(N2CCN(CCCC(N)(CCCCB(O)O)C(=O)O)CC2)ccc1Cl. The van der Waals surface area contributed by atoms with E-state index < -0.39 is 18.6 Å². The number of carboxylic acids is 1. The van der Waals surface area contributed by atoms with Crippen molar-refractivity contribution in [3.63, 3.8) is 0 Å². The molecule has 5 N–H and O–H groups in total. The smallest absolute Gasteiger partial charge is 0.451 e. The fraction of sp³-hybridized carbons (Fsp3) is 0.650. The van der Waals surface area contributed by atoms with E-state index >= 15 is 0 Å². The number of carboxylic acid groups (broad SMARTS) is 1. The summed E-state index contributed by atoms with van der Waals surface area (Å²) in [6.07, 6.45) is 2.85. The van der Waals surface area contributed by atoms with Gasteiger partial charge in [-0.2, -0.15) is 0 Å². The second-order valence-electron chi connectivity index (χ2n) is 8.05. The van der Waals surface area contributed by atoms with Crippen molar-refractivity contribution >= 4 is 30.4 Å². The van der Waals surface area contributed by atoms with Crippen LogP contribution in [0.15, 0.2) is 18.2 Å². The number of aryl methyl sites for hydroxylation is 1. The molecule has 1 fully saturated rings. The minimum atomic E-state index is -1.34. The average Bonchev–Trinajstić information content (AvgIpc) is 2.68. The summed E-state index contributed by atoms with van der Waals surface area (Å²) in [4.78, 5) is 16.3. The third kappa shape index (κ3) is 7.46. The summed E-state index contributed by atoms with van der Waals surface area (Å²) in [6, 6.07) is 6.10. The number of halogens is 1. The molecule has 0 aromatic heterocycles. The fourth-order valence-corrected chi connectivity index (χ4v) is 3.90. The molecule has 0 saturated carbocycles. The monoisotopic (exact) mass is 425 g/mol. The van der Waals surface area contributed by atoms with Gasteiger partial charge in [0.15, 0.2) is 0 Å². The van der Waals surface area contributed by atoms with Crippen LogP contribution in [0.3, 0.4) is 0 Å². The molecular formula is C20H33BClN3O4. The highest BCUT2D eigenvalue weighted by molar-refractivity contribution is 6.40. The molecule has 1 aliphatic heterocycles. The lowest BCUT2D eigenvalue weighted by molar-refractivity contribution is -0.144. The van der Waals surface area contributed by atoms with Gasteiger partial charge in [0.1, 0.15) is 5.54 Å². The quantitative estimate of drug-likeness (QED) is 0.317. The van der Waals surface area contributed by atoms with Crippen LogP contribution in [0.4, 0.5) is 5.69 Å². The van der Waals surface area contributed by atoms with Gasteiger partial charge in [0.2, 0.25) is 0 Å². The van der Waals surface area contributed by atoms with Crippen molar-refractivity contribution in [2.24, 2.45) is 5.73 Å². The zero-order chi connectivity index (χ0) is 21.4. The van der Waals surface area contributed by atoms with Gasteiger partial charge in [-0.25, -0.2) is 0 Å². The standard InChI is InChI=1S/C20H33BClN3O4/c1-16-15-17(5-6-18(16)22)25-13-11-24(12-14-25)10-4-8-20(23,19(26)27)7-2-3-9-21(28)29/h5-6,15,28-29H,2-4,7-14,23H2,1H3,(H,26,27). The molecule has 1 aromatic rings. The second kappa shape index (κ2) is 11.2. The lowest BCUT2D eigenvalue weighted by Gasteiger charge is -2.36. The van der Waals surface area contributed by atoms with Crippen molar-refractivity contribution in [3.05, 3.63) is 28.8 Å². The Kier molecular flexibility index (Phi) is 9.24. The molecule has 0 radical (unpaired) electrons. The van der Waals surface area contributed by atoms with Crippen LogP contribution >= 0.6 is 11.6 Å². The molecule has 1 aromatic carbocycles. The highest BCUT2D eigenvalue weighted by atomic mass is 35.5. The van der Waals surface area contributed by atoms with Gasteiger partial charge >= 0.3 is 13.1 Å². The number of nitrogens with zero attached hydrogens (tertiary/aromatic N) is 2. The maximum Gasteiger partial charge on any atom is 0.451 e. The van der Waals surface area contributed by atoms with E-state index in [1.807, 2.05) is 13.0 Å². The van der Waals surface area contributed by atoms with Crippen LogP contribution in [0, 0.1) is 6.92 Å². The molecule has 1 aliphatic rings. The third-order valence-corrected chi connectivity index (χ3v) is 6.16. The van der Waals surface area contributed by atoms with Gasteiger partial charge < -0.3 is 25.8 Å². The van der Waals surface area contributed by atoms with Gasteiger partial charge in [0, 0.05) is 36.9 Å². The maximum absolute atomic E-state index is 11.6. The van der Waals surface area contributed by atoms with Crippen molar-refractivity contribution in [2.75, 3.05) is 37.6 Å². The molecule has 0 spiro atoms. The minimum Gasteiger partial charge on any atom is -0.480 e. The summed E-state index contributed by atoms with van der Waals surface area (Å²) in [7, 11) is -1.34. The molecule has 162 valence electrons. The van der Waals surface area contributed by atoms with E-state index in [-0.39, 0.29) is 6.32 Å². The van der Waals surface area contributed by atoms with Gasteiger partial charge in [0.25, 0.3) is 0 Å². The summed E-state index contributed by atoms with van der Waals surface area (Å²) >= 11 is 6.11. The van der Waals surface area contributed by atoms with Crippen molar-refractivity contribution in [1.82, 2.24) is 4.90 Å². The fourth-order valence-electron chi connectivity index (χ4n) is 3.78. The highest BCUT2D eigenvalue weighted by Crippen LogP contribution is 2.24. The molecule has 29 heavy (non-hydrogen) atoms. The number of piperazine rings is 1. The molecule has 1 saturated heterocycles. The molecule has 7 nitrogen and oxygen atoms in total. The number of hydrogen-bond donors (Lipinski definition) is 4. The predicted molar refractivity (Wildman–Crippen MR) is 117 cm³/mol. The van der Waals surface area contributed by atoms with Crippen molar-refractivity contribution in [2.45, 2.75) is 50.9 Å². The first-order valence-corrected chi connectivity index (χ1v) is 10.7. The van der Waals surface area contributed by atoms with Crippen LogP contribution in [0.1, 0.15) is 37.7 Å². The minimum absolute atomic E-state index is 0.243. The summed E-state index contributed by atoms with van der Waals surface area (Å²) in [5.74, 6) is -0.982. The van der Waals surface area contributed by atoms with E-state index in [4.69, 9.17) is 27.4 Å². The van der Waals surface area contributed by atoms with Gasteiger partial charge in [0.05, 0.1) is 0 Å². The van der Waals surface area contributed by atoms with Crippen molar-refractivity contribution in [1.29, 1.82) is 0 Å². The van der Waals surface area contributed by atoms with Crippen molar-refractivity contribution < 1.29 is 19.9 Å². The topological polar surface area (TPSA) is 110 Å². The van der Waals surface area contributed by atoms with Gasteiger partial charge in [-0.15, -0.1) is 0 Å². The van der Waals surface area contributed by atoms with Gasteiger partial charge in [-0.1, -0.05) is 24.4 Å². The van der Waals surface area contributed by atoms with Crippen molar-refractivity contribution in [3.8, 4) is 0 Å². The number of anilines is 1. The van der Waals surface area contributed by atoms with Crippen LogP contribution in [-0.2, 0) is 4.79 Å². The zero-order valence-corrected chi connectivity index (χ0v) is 17.9. The number of rotatable bonds is 11. The summed E-state index contributed by atoms with van der Waals surface area (Å²) in [5, 5.41) is 28.1. The van der Waals surface area contributed by atoms with Crippen LogP contribution in [0.2, 0.25) is 11.3 Å². The summed E-state index contributed by atoms with van der Waals surface area (Å²) in [5.41, 5.74) is 7.15. The van der Waals surface area contributed by atoms with Crippen LogP contribution in [0.25, 0.3) is 0 Å². The van der Waals surface area contributed by atoms with Crippen LogP contribution < -0.4 is 10.6 Å². The Balaban J connectivity index is 1.74. The molecule has 9 heteroatoms. The second-order valence-corrected chi connectivity index (χ2v) is 8.46. The van der Waals surface area contributed by atoms with Gasteiger partial charge in [-0.05, 0) is 62.8 Å². The molecule has 0 aliphatic carbocycles. The Morgan fingerprint density at radius 2 is 1.83 bits per heavy atom. The predicted octanol–water partition coefficient (Wildman–Crippen LogP) is 1.98. The Labute approximate surface area is 178 Å². The summed E-state index contributed by atoms with van der Waals surface area (Å²) in [6.45, 7) is 6.56. The van der Waals surface area contributed by atoms with Gasteiger partial charge in [-0.3, -0.25) is 9.69 Å². The van der Waals surface area contributed by atoms with E-state index in [0.717, 1.165) is 49.7 Å². The lowest BCUT2D eigenvalue weighted by atomic mass is 9.81. The maximum atomic E-state index is 11.6. The Morgan fingerprint density at radius 3 is 2.41 bits per heavy atom. The van der Waals surface area contributed by atoms with E-state index in [1.54, 1.807) is 0 Å². The lowest BCUT2D eigenvalue weighted by Crippen LogP contribution is -2.49. The highest BCUT2D eigenvalue weighted by Gasteiger charge is 2.33. The molecule has 0 amide bonds. The summed E-state index contributed by atoms with van der Waals surface area (Å²) < 4.78 is 0. The third-order valence-electron chi connectivity index (χ3n) is 5.74. The van der Waals surface area contributed by atoms with E-state index in [2.05, 4.69) is 21.9 Å². The largest absolute Gasteiger partial charge is 0.480 e. The number of benzene rings is 1. The number of unbranched alkanes of at least 4 members (excludes halogenated alkanes) is 1. The van der Waals surface area contributed by atoms with E-state index in [0.29, 0.717) is 25.7 Å². The van der Waals surface area contributed by atoms with Crippen LogP contribution in [0.5, 0.6) is 0 Å². The van der Waals surface area contributed by atoms with E-state index in [1.165, 1.54) is 5.69 Å². The molecule has 0 bridgehead atoms. The first-order chi connectivity index (χ1) is 13.7. The molecular weight excluding hydrogens is 393 g/mol. The molecule has 1 unspecified atom stereocenters. The van der Waals surface area contributed by atoms with E-state index in [9.17, 15) is 9.90 Å².